The van der Waals surface area contributed by atoms with Crippen LogP contribution < -0.4 is 10.1 Å². The van der Waals surface area contributed by atoms with Crippen molar-refractivity contribution < 1.29 is 18.3 Å². The molecule has 0 aliphatic carbocycles. The normalized spacial score (nSPS) is 21.8. The summed E-state index contributed by atoms with van der Waals surface area (Å²) < 4.78 is 29.6. The van der Waals surface area contributed by atoms with E-state index in [9.17, 15) is 13.6 Å². The van der Waals surface area contributed by atoms with Crippen molar-refractivity contribution in [3.8, 4) is 5.75 Å². The Hall–Kier alpha value is -1.73. The van der Waals surface area contributed by atoms with E-state index in [1.165, 1.54) is 0 Å². The summed E-state index contributed by atoms with van der Waals surface area (Å²) in [6.45, 7) is 6.01. The van der Waals surface area contributed by atoms with Crippen LogP contribution in [0.2, 0.25) is 0 Å². The number of ether oxygens (including phenoxy) is 1. The smallest absolute Gasteiger partial charge is 0.387 e. The number of benzene rings is 1. The van der Waals surface area contributed by atoms with E-state index in [2.05, 4.69) is 15.0 Å². The first-order chi connectivity index (χ1) is 12.0. The number of halogens is 2. The molecule has 0 bridgehead atoms. The molecule has 1 N–H and O–H groups in total. The van der Waals surface area contributed by atoms with Crippen LogP contribution in [-0.4, -0.2) is 67.6 Å². The molecule has 1 aromatic rings. The second kappa shape index (κ2) is 7.66. The number of amides is 1. The summed E-state index contributed by atoms with van der Waals surface area (Å²) in [5.41, 5.74) is 1.65. The highest BCUT2D eigenvalue weighted by Crippen LogP contribution is 2.28. The minimum atomic E-state index is -2.86. The molecule has 0 radical (unpaired) electrons. The zero-order valence-electron chi connectivity index (χ0n) is 14.7. The summed E-state index contributed by atoms with van der Waals surface area (Å²) in [6.07, 6.45) is 0.982. The van der Waals surface area contributed by atoms with E-state index in [0.717, 1.165) is 45.7 Å². The Balaban J connectivity index is 1.69. The Morgan fingerprint density at radius 3 is 2.44 bits per heavy atom. The van der Waals surface area contributed by atoms with E-state index in [4.69, 9.17) is 0 Å². The third kappa shape index (κ3) is 4.10. The molecule has 0 aromatic heterocycles. The van der Waals surface area contributed by atoms with Crippen LogP contribution in [0, 0.1) is 13.8 Å². The third-order valence-electron chi connectivity index (χ3n) is 5.03. The second-order valence-corrected chi connectivity index (χ2v) is 6.80. The lowest BCUT2D eigenvalue weighted by molar-refractivity contribution is -0.0507. The molecule has 1 aromatic carbocycles. The maximum Gasteiger partial charge on any atom is 0.387 e. The number of nitrogens with zero attached hydrogens (tertiary/aromatic N) is 2. The Bertz CT molecular complexity index is 610. The van der Waals surface area contributed by atoms with Crippen LogP contribution in [-0.2, 0) is 0 Å². The van der Waals surface area contributed by atoms with Crippen LogP contribution in [0.25, 0.3) is 0 Å². The van der Waals surface area contributed by atoms with Crippen molar-refractivity contribution in [2.45, 2.75) is 32.9 Å². The average Bonchev–Trinajstić information content (AvgIpc) is 3.08. The van der Waals surface area contributed by atoms with E-state index >= 15 is 0 Å². The molecule has 1 amide bonds. The minimum absolute atomic E-state index is 0.0348. The molecule has 5 nitrogen and oxygen atoms in total. The first kappa shape index (κ1) is 18.1. The van der Waals surface area contributed by atoms with Gasteiger partial charge in [-0.1, -0.05) is 0 Å². The van der Waals surface area contributed by atoms with Crippen LogP contribution in [0.15, 0.2) is 12.1 Å². The van der Waals surface area contributed by atoms with Gasteiger partial charge in [0, 0.05) is 50.9 Å². The van der Waals surface area contributed by atoms with Crippen molar-refractivity contribution in [1.29, 1.82) is 0 Å². The van der Waals surface area contributed by atoms with Gasteiger partial charge in [0.15, 0.2) is 0 Å². The summed E-state index contributed by atoms with van der Waals surface area (Å²) in [6, 6.07) is 3.70. The van der Waals surface area contributed by atoms with Crippen molar-refractivity contribution in [2.24, 2.45) is 0 Å². The summed E-state index contributed by atoms with van der Waals surface area (Å²) in [7, 11) is 0. The van der Waals surface area contributed by atoms with Gasteiger partial charge in [0.2, 0.25) is 0 Å². The van der Waals surface area contributed by atoms with Gasteiger partial charge in [-0.2, -0.15) is 8.78 Å². The van der Waals surface area contributed by atoms with Crippen LogP contribution in [0.5, 0.6) is 5.75 Å². The van der Waals surface area contributed by atoms with E-state index in [0.29, 0.717) is 22.7 Å². The number of hydrogen-bond acceptors (Lipinski definition) is 4. The molecule has 2 saturated heterocycles. The van der Waals surface area contributed by atoms with Gasteiger partial charge in [-0.05, 0) is 43.5 Å². The van der Waals surface area contributed by atoms with Gasteiger partial charge in [0.25, 0.3) is 5.91 Å². The third-order valence-corrected chi connectivity index (χ3v) is 5.03. The molecule has 7 heteroatoms. The van der Waals surface area contributed by atoms with Gasteiger partial charge >= 0.3 is 6.61 Å². The standard InChI is InChI=1S/C18H25F2N3O2/c1-12-9-14(10-13(2)16(12)25-18(19)20)17(24)23-6-3-15(11-23)22-7-4-21-5-8-22/h9-10,15,18,21H,3-8,11H2,1-2H3. The summed E-state index contributed by atoms with van der Waals surface area (Å²) in [4.78, 5) is 17.1. The zero-order valence-corrected chi connectivity index (χ0v) is 14.7. The Morgan fingerprint density at radius 2 is 1.84 bits per heavy atom. The van der Waals surface area contributed by atoms with Crippen molar-refractivity contribution in [3.63, 3.8) is 0 Å². The van der Waals surface area contributed by atoms with Gasteiger partial charge in [-0.3, -0.25) is 9.69 Å². The molecule has 2 aliphatic rings. The van der Waals surface area contributed by atoms with Crippen LogP contribution in [0.4, 0.5) is 8.78 Å². The summed E-state index contributed by atoms with van der Waals surface area (Å²) >= 11 is 0. The number of likely N-dealkylation sites (tertiary alicyclic amines) is 1. The quantitative estimate of drug-likeness (QED) is 0.900. The molecule has 25 heavy (non-hydrogen) atoms. The average molecular weight is 353 g/mol. The Morgan fingerprint density at radius 1 is 1.20 bits per heavy atom. The Labute approximate surface area is 146 Å². The molecule has 1 unspecified atom stereocenters. The summed E-state index contributed by atoms with van der Waals surface area (Å²) in [5.74, 6) is 0.124. The van der Waals surface area contributed by atoms with Gasteiger partial charge in [-0.25, -0.2) is 0 Å². The maximum atomic E-state index is 12.8. The fourth-order valence-corrected chi connectivity index (χ4v) is 3.80. The number of piperazine rings is 1. The van der Waals surface area contributed by atoms with E-state index in [1.807, 2.05) is 4.90 Å². The number of carbonyl (C=O) groups excluding carboxylic acids is 1. The van der Waals surface area contributed by atoms with Crippen molar-refractivity contribution in [3.05, 3.63) is 28.8 Å². The topological polar surface area (TPSA) is 44.8 Å². The minimum Gasteiger partial charge on any atom is -0.434 e. The maximum absolute atomic E-state index is 12.8. The van der Waals surface area contributed by atoms with Crippen molar-refractivity contribution in [2.75, 3.05) is 39.3 Å². The zero-order chi connectivity index (χ0) is 18.0. The number of rotatable bonds is 4. The molecule has 138 valence electrons. The predicted molar refractivity (Wildman–Crippen MR) is 91.3 cm³/mol. The first-order valence-electron chi connectivity index (χ1n) is 8.76. The Kier molecular flexibility index (Phi) is 5.54. The molecule has 3 rings (SSSR count). The number of hydrogen-bond donors (Lipinski definition) is 1. The summed E-state index contributed by atoms with van der Waals surface area (Å²) in [5, 5.41) is 3.34. The molecule has 0 saturated carbocycles. The van der Waals surface area contributed by atoms with Gasteiger partial charge in [-0.15, -0.1) is 0 Å². The van der Waals surface area contributed by atoms with Crippen LogP contribution in [0.1, 0.15) is 27.9 Å². The van der Waals surface area contributed by atoms with Gasteiger partial charge < -0.3 is 15.0 Å². The molecule has 2 heterocycles. The molecule has 2 fully saturated rings. The number of carbonyl (C=O) groups is 1. The van der Waals surface area contributed by atoms with Crippen molar-refractivity contribution in [1.82, 2.24) is 15.1 Å². The van der Waals surface area contributed by atoms with Gasteiger partial charge in [0.05, 0.1) is 0 Å². The highest BCUT2D eigenvalue weighted by Gasteiger charge is 2.31. The largest absolute Gasteiger partial charge is 0.434 e. The lowest BCUT2D eigenvalue weighted by Crippen LogP contribution is -2.49. The van der Waals surface area contributed by atoms with E-state index in [1.54, 1.807) is 26.0 Å². The van der Waals surface area contributed by atoms with Crippen molar-refractivity contribution >= 4 is 5.91 Å². The lowest BCUT2D eigenvalue weighted by Gasteiger charge is -2.32. The van der Waals surface area contributed by atoms with Crippen LogP contribution in [0.3, 0.4) is 0 Å². The van der Waals surface area contributed by atoms with Crippen LogP contribution >= 0.6 is 0 Å². The highest BCUT2D eigenvalue weighted by molar-refractivity contribution is 5.95. The SMILES string of the molecule is Cc1cc(C(=O)N2CCC(N3CCNCC3)C2)cc(C)c1OC(F)F. The predicted octanol–water partition coefficient (Wildman–Crippen LogP) is 2.02. The van der Waals surface area contributed by atoms with Gasteiger partial charge in [0.1, 0.15) is 5.75 Å². The second-order valence-electron chi connectivity index (χ2n) is 6.80. The fourth-order valence-electron chi connectivity index (χ4n) is 3.80. The number of nitrogens with one attached hydrogen (secondary N) is 1. The molecule has 2 aliphatic heterocycles. The lowest BCUT2D eigenvalue weighted by atomic mass is 10.0. The highest BCUT2D eigenvalue weighted by atomic mass is 19.3. The molecular weight excluding hydrogens is 328 g/mol. The number of aryl methyl sites for hydroxylation is 2. The first-order valence-corrected chi connectivity index (χ1v) is 8.76. The number of alkyl halides is 2. The van der Waals surface area contributed by atoms with E-state index in [-0.39, 0.29) is 11.7 Å². The monoisotopic (exact) mass is 353 g/mol. The fraction of sp³-hybridized carbons (Fsp3) is 0.611. The molecule has 0 spiro atoms. The van der Waals surface area contributed by atoms with E-state index < -0.39 is 6.61 Å². The molecule has 1 atom stereocenters. The molecular formula is C18H25F2N3O2.